The molecule has 0 saturated carbocycles. The van der Waals surface area contributed by atoms with Gasteiger partial charge in [-0.3, -0.25) is 0 Å². The number of sulfone groups is 2. The van der Waals surface area contributed by atoms with Gasteiger partial charge in [-0.1, -0.05) is 6.08 Å². The van der Waals surface area contributed by atoms with Crippen LogP contribution < -0.4 is 10.4 Å². The third-order valence-corrected chi connectivity index (χ3v) is 11.0. The highest BCUT2D eigenvalue weighted by Gasteiger charge is 2.51. The number of halogens is 10. The first kappa shape index (κ1) is 37.3. The molecule has 0 bridgehead atoms. The Morgan fingerprint density at radius 3 is 1.27 bits per heavy atom. The zero-order valence-corrected chi connectivity index (χ0v) is 26.5. The van der Waals surface area contributed by atoms with Crippen LogP contribution in [0.2, 0.25) is 0 Å². The van der Waals surface area contributed by atoms with Gasteiger partial charge in [0.2, 0.25) is 0 Å². The van der Waals surface area contributed by atoms with E-state index in [1.165, 1.54) is 0 Å². The van der Waals surface area contributed by atoms with E-state index in [1.807, 2.05) is 0 Å². The van der Waals surface area contributed by atoms with Gasteiger partial charge in [0, 0.05) is 6.42 Å². The lowest BCUT2D eigenvalue weighted by atomic mass is 9.87. The summed E-state index contributed by atoms with van der Waals surface area (Å²) in [4.78, 5) is 1.41. The summed E-state index contributed by atoms with van der Waals surface area (Å²) in [5.74, 6) is -9.47. The predicted molar refractivity (Wildman–Crippen MR) is 158 cm³/mol. The van der Waals surface area contributed by atoms with E-state index in [0.717, 1.165) is 12.2 Å². The molecule has 0 aromatic heterocycles. The average molecular weight is 769 g/mol. The summed E-state index contributed by atoms with van der Waals surface area (Å²) in [6, 6.07) is 4.00. The summed E-state index contributed by atoms with van der Waals surface area (Å²) in [5, 5.41) is 18.6. The highest BCUT2D eigenvalue weighted by atomic mass is 32.2. The number of benzene rings is 3. The zero-order chi connectivity index (χ0) is 38.9. The van der Waals surface area contributed by atoms with Gasteiger partial charge in [0.25, 0.3) is 19.7 Å². The Morgan fingerprint density at radius 2 is 0.962 bits per heavy atom. The van der Waals surface area contributed by atoms with E-state index in [-0.39, 0.29) is 68.1 Å². The maximum atomic E-state index is 15.3. The van der Waals surface area contributed by atoms with E-state index in [9.17, 15) is 53.7 Å². The molecule has 0 atom stereocenters. The number of nitrogens with zero attached hydrogens (tertiary/aromatic N) is 4. The van der Waals surface area contributed by atoms with Crippen LogP contribution in [-0.4, -0.2) is 27.9 Å². The molecule has 264 valence electrons. The summed E-state index contributed by atoms with van der Waals surface area (Å²) in [5.41, 5.74) is -15.4. The number of hydrogen-bond acceptors (Lipinski definition) is 6. The van der Waals surface area contributed by atoms with Gasteiger partial charge in [-0.15, -0.1) is 0 Å². The summed E-state index contributed by atoms with van der Waals surface area (Å²) < 4.78 is 189. The van der Waals surface area contributed by atoms with E-state index in [0.29, 0.717) is 0 Å². The van der Waals surface area contributed by atoms with Crippen molar-refractivity contribution in [1.82, 2.24) is 0 Å². The molecule has 2 aliphatic carbocycles. The molecule has 3 aromatic rings. The minimum absolute atomic E-state index is 0.133. The fourth-order valence-electron chi connectivity index (χ4n) is 5.87. The van der Waals surface area contributed by atoms with Crippen LogP contribution in [0.3, 0.4) is 0 Å². The highest BCUT2D eigenvalue weighted by molar-refractivity contribution is 7.92. The molecule has 0 heterocycles. The Kier molecular flexibility index (Phi) is 8.87. The number of fused-ring (bicyclic) bond motifs is 2. The average Bonchev–Trinajstić information content (AvgIpc) is 3.63. The van der Waals surface area contributed by atoms with Crippen molar-refractivity contribution >= 4 is 31.8 Å². The van der Waals surface area contributed by atoms with Crippen molar-refractivity contribution in [2.24, 2.45) is 0 Å². The molecule has 52 heavy (non-hydrogen) atoms. The standard InChI is InChI=1S/C32H10F10N4O4S2/c1-45-30(46-2)16-5-20-21(6-16)27(15-9-24(35)29(25(36)10-15)52(49,50)32(40,41)42)19-4-13(17(11-43)12-44)3-18(19)26(20)14-7-22(33)28(23(34)8-14)51(47,48)31(37,38)39/h3,6-10H,4-5H2. The van der Waals surface area contributed by atoms with Crippen LogP contribution in [0.4, 0.5) is 43.9 Å². The monoisotopic (exact) mass is 768 g/mol. The number of allylic oxidation sites excluding steroid dienone is 3. The van der Waals surface area contributed by atoms with Gasteiger partial charge in [-0.05, 0) is 86.2 Å². The second kappa shape index (κ2) is 12.4. The van der Waals surface area contributed by atoms with Crippen LogP contribution in [0.15, 0.2) is 56.6 Å². The molecule has 0 aliphatic heterocycles. The quantitative estimate of drug-likeness (QED) is 0.176. The Balaban J connectivity index is 2.00. The van der Waals surface area contributed by atoms with E-state index in [4.69, 9.17) is 13.1 Å². The van der Waals surface area contributed by atoms with E-state index >= 15 is 17.6 Å². The van der Waals surface area contributed by atoms with Crippen molar-refractivity contribution in [1.29, 1.82) is 10.5 Å². The molecule has 3 aromatic carbocycles. The third kappa shape index (κ3) is 5.66. The maximum absolute atomic E-state index is 15.3. The van der Waals surface area contributed by atoms with Gasteiger partial charge < -0.3 is 0 Å². The van der Waals surface area contributed by atoms with Crippen LogP contribution in [0.5, 0.6) is 0 Å². The molecule has 0 N–H and O–H groups in total. The van der Waals surface area contributed by atoms with Crippen LogP contribution >= 0.6 is 0 Å². The van der Waals surface area contributed by atoms with Crippen LogP contribution in [0, 0.1) is 59.1 Å². The number of alkyl halides is 6. The fraction of sp³-hybridized carbons (Fsp3) is 0.125. The summed E-state index contributed by atoms with van der Waals surface area (Å²) >= 11 is 0. The first-order valence-corrected chi connectivity index (χ1v) is 16.6. The molecular weight excluding hydrogens is 758 g/mol. The first-order chi connectivity index (χ1) is 24.0. The Bertz CT molecular complexity index is 2510. The maximum Gasteiger partial charge on any atom is 0.522 e. The van der Waals surface area contributed by atoms with Crippen molar-refractivity contribution in [3.8, 4) is 34.4 Å². The predicted octanol–water partition coefficient (Wildman–Crippen LogP) is 6.23. The van der Waals surface area contributed by atoms with Gasteiger partial charge >= 0.3 is 16.8 Å². The lowest BCUT2D eigenvalue weighted by molar-refractivity contribution is -0.0445. The van der Waals surface area contributed by atoms with Gasteiger partial charge in [0.1, 0.15) is 63.9 Å². The largest absolute Gasteiger partial charge is 0.522 e. The lowest BCUT2D eigenvalue weighted by Crippen LogP contribution is -2.26. The molecule has 0 amide bonds. The molecule has 0 unspecified atom stereocenters. The molecular formula is C32H10F10N4O4S2. The second-order valence-corrected chi connectivity index (χ2v) is 14.6. The van der Waals surface area contributed by atoms with E-state index in [2.05, 4.69) is 9.69 Å². The van der Waals surface area contributed by atoms with Crippen molar-refractivity contribution in [3.63, 3.8) is 0 Å². The van der Waals surface area contributed by atoms with Crippen molar-refractivity contribution < 1.29 is 60.7 Å². The molecule has 0 radical (unpaired) electrons. The summed E-state index contributed by atoms with van der Waals surface area (Å²) in [6.45, 7) is 14.7. The van der Waals surface area contributed by atoms with Gasteiger partial charge in [0.15, 0.2) is 0 Å². The first-order valence-electron chi connectivity index (χ1n) is 13.6. The summed E-state index contributed by atoms with van der Waals surface area (Å²) in [7, 11) is -13.2. The van der Waals surface area contributed by atoms with E-state index in [1.54, 1.807) is 12.1 Å². The van der Waals surface area contributed by atoms with Crippen molar-refractivity contribution in [2.45, 2.75) is 33.6 Å². The van der Waals surface area contributed by atoms with Crippen LogP contribution in [-0.2, 0) is 32.5 Å². The molecule has 0 fully saturated rings. The van der Waals surface area contributed by atoms with Crippen molar-refractivity contribution in [2.75, 3.05) is 0 Å². The highest BCUT2D eigenvalue weighted by Crippen LogP contribution is 2.40. The smallest absolute Gasteiger partial charge is 0.214 e. The Labute approximate surface area is 285 Å². The molecule has 8 nitrogen and oxygen atoms in total. The third-order valence-electron chi connectivity index (χ3n) is 7.93. The zero-order valence-electron chi connectivity index (χ0n) is 24.9. The molecule has 2 aliphatic rings. The van der Waals surface area contributed by atoms with Gasteiger partial charge in [-0.2, -0.15) is 46.6 Å². The van der Waals surface area contributed by atoms with Gasteiger partial charge in [-0.25, -0.2) is 34.4 Å². The minimum Gasteiger partial charge on any atom is -0.214 e. The van der Waals surface area contributed by atoms with Gasteiger partial charge in [0.05, 0.1) is 5.57 Å². The lowest BCUT2D eigenvalue weighted by Gasteiger charge is -2.18. The number of hydrogen-bond donors (Lipinski definition) is 0. The number of rotatable bonds is 4. The molecule has 20 heteroatoms. The normalized spacial score (nSPS) is 13.9. The van der Waals surface area contributed by atoms with Crippen molar-refractivity contribution in [3.05, 3.63) is 114 Å². The summed E-state index contributed by atoms with van der Waals surface area (Å²) in [6.07, 6.45) is 1.12. The molecule has 0 spiro atoms. The Morgan fingerprint density at radius 1 is 0.635 bits per heavy atom. The molecule has 5 rings (SSSR count). The SMILES string of the molecule is [C-]#[N+]C([N+]#[C-])=C1C=c2c(c(-c3cc(F)c(S(=O)(=O)C(F)(F)F)c(F)c3)c3c(c2-c2cc(F)c(S(=O)(=O)C(F)(F)F)c(F)c2)CC(=C(C#N)C#N)C=3)C1. The molecule has 0 saturated heterocycles. The second-order valence-electron chi connectivity index (χ2n) is 10.8. The van der Waals surface area contributed by atoms with E-state index < -0.39 is 99.1 Å². The number of nitriles is 2. The minimum atomic E-state index is -6.59. The topological polar surface area (TPSA) is 125 Å². The fourth-order valence-corrected chi connectivity index (χ4v) is 7.59. The van der Waals surface area contributed by atoms with Crippen LogP contribution in [0.25, 0.3) is 44.1 Å². The Hall–Kier alpha value is -5.96. The van der Waals surface area contributed by atoms with Crippen LogP contribution in [0.1, 0.15) is 11.1 Å².